The highest BCUT2D eigenvalue weighted by atomic mass is 32.1. The number of hydrogen-bond acceptors (Lipinski definition) is 5. The molecule has 0 spiro atoms. The molecule has 3 rings (SSSR count). The summed E-state index contributed by atoms with van der Waals surface area (Å²) in [7, 11) is 1.59. The Bertz CT molecular complexity index is 752. The summed E-state index contributed by atoms with van der Waals surface area (Å²) in [5.41, 5.74) is 2.40. The standard InChI is InChI=1S/C16H20N4O3S/c1-10-3-6-24-14(10)16(22)19-11-7-13-12(8-18-20(13)9-11)15(21)17-4-5-23-2/h3,6,8,11H,4-5,7,9H2,1-2H3,(H,17,21)(H,19,22)/t11-/m0/s1. The average Bonchev–Trinajstić information content (AvgIpc) is 3.22. The molecule has 1 aliphatic rings. The number of carbonyl (C=O) groups excluding carboxylic acids is 2. The van der Waals surface area contributed by atoms with Crippen molar-refractivity contribution in [3.05, 3.63) is 39.3 Å². The van der Waals surface area contributed by atoms with Crippen molar-refractivity contribution in [3.63, 3.8) is 0 Å². The third-order valence-electron chi connectivity index (χ3n) is 4.02. The lowest BCUT2D eigenvalue weighted by Gasteiger charge is -2.11. The molecule has 3 heterocycles. The van der Waals surface area contributed by atoms with Crippen LogP contribution in [0.4, 0.5) is 0 Å². The van der Waals surface area contributed by atoms with Gasteiger partial charge in [-0.2, -0.15) is 5.10 Å². The molecular formula is C16H20N4O3S. The Morgan fingerprint density at radius 3 is 3.00 bits per heavy atom. The van der Waals surface area contributed by atoms with E-state index in [2.05, 4.69) is 15.7 Å². The number of aryl methyl sites for hydroxylation is 1. The summed E-state index contributed by atoms with van der Waals surface area (Å²) in [6.07, 6.45) is 2.18. The van der Waals surface area contributed by atoms with Crippen LogP contribution in [0, 0.1) is 6.92 Å². The van der Waals surface area contributed by atoms with Crippen molar-refractivity contribution in [1.29, 1.82) is 0 Å². The second-order valence-electron chi connectivity index (χ2n) is 5.74. The molecular weight excluding hydrogens is 328 g/mol. The van der Waals surface area contributed by atoms with E-state index in [-0.39, 0.29) is 17.9 Å². The minimum Gasteiger partial charge on any atom is -0.383 e. The molecule has 8 heteroatoms. The molecule has 0 saturated carbocycles. The minimum atomic E-state index is -0.158. The summed E-state index contributed by atoms with van der Waals surface area (Å²) in [4.78, 5) is 25.3. The lowest BCUT2D eigenvalue weighted by atomic mass is 10.1. The number of hydrogen-bond donors (Lipinski definition) is 2. The zero-order chi connectivity index (χ0) is 17.1. The van der Waals surface area contributed by atoms with Crippen molar-refractivity contribution >= 4 is 23.2 Å². The van der Waals surface area contributed by atoms with Gasteiger partial charge in [0.1, 0.15) is 0 Å². The first-order valence-corrected chi connectivity index (χ1v) is 8.65. The molecule has 1 aliphatic heterocycles. The van der Waals surface area contributed by atoms with Crippen LogP contribution < -0.4 is 10.6 Å². The first kappa shape index (κ1) is 16.7. The molecule has 2 aromatic rings. The van der Waals surface area contributed by atoms with Gasteiger partial charge in [0.2, 0.25) is 0 Å². The van der Waals surface area contributed by atoms with E-state index in [1.165, 1.54) is 11.3 Å². The second kappa shape index (κ2) is 7.14. The fraction of sp³-hybridized carbons (Fsp3) is 0.438. The monoisotopic (exact) mass is 348 g/mol. The SMILES string of the molecule is COCCNC(=O)c1cnn2c1C[C@H](NC(=O)c1sccc1C)C2. The number of aromatic nitrogens is 2. The zero-order valence-corrected chi connectivity index (χ0v) is 14.5. The van der Waals surface area contributed by atoms with Crippen molar-refractivity contribution in [2.24, 2.45) is 0 Å². The highest BCUT2D eigenvalue weighted by Crippen LogP contribution is 2.21. The number of methoxy groups -OCH3 is 1. The van der Waals surface area contributed by atoms with E-state index < -0.39 is 0 Å². The zero-order valence-electron chi connectivity index (χ0n) is 13.7. The lowest BCUT2D eigenvalue weighted by molar-refractivity contribution is 0.0933. The van der Waals surface area contributed by atoms with Gasteiger partial charge in [-0.3, -0.25) is 14.3 Å². The van der Waals surface area contributed by atoms with E-state index >= 15 is 0 Å². The summed E-state index contributed by atoms with van der Waals surface area (Å²) in [6.45, 7) is 3.43. The average molecular weight is 348 g/mol. The highest BCUT2D eigenvalue weighted by molar-refractivity contribution is 7.12. The van der Waals surface area contributed by atoms with Gasteiger partial charge >= 0.3 is 0 Å². The topological polar surface area (TPSA) is 85.2 Å². The van der Waals surface area contributed by atoms with Crippen LogP contribution in [0.25, 0.3) is 0 Å². The molecule has 0 unspecified atom stereocenters. The quantitative estimate of drug-likeness (QED) is 0.762. The van der Waals surface area contributed by atoms with Gasteiger partial charge in [0.25, 0.3) is 11.8 Å². The van der Waals surface area contributed by atoms with E-state index in [1.54, 1.807) is 18.0 Å². The van der Waals surface area contributed by atoms with Crippen molar-refractivity contribution < 1.29 is 14.3 Å². The molecule has 0 radical (unpaired) electrons. The van der Waals surface area contributed by atoms with Crippen molar-refractivity contribution in [3.8, 4) is 0 Å². The van der Waals surface area contributed by atoms with E-state index in [0.29, 0.717) is 31.7 Å². The van der Waals surface area contributed by atoms with Crippen LogP contribution in [0.15, 0.2) is 17.6 Å². The Kier molecular flexibility index (Phi) is 4.96. The van der Waals surface area contributed by atoms with Crippen molar-refractivity contribution in [1.82, 2.24) is 20.4 Å². The number of rotatable bonds is 6. The number of nitrogens with zero attached hydrogens (tertiary/aromatic N) is 2. The predicted molar refractivity (Wildman–Crippen MR) is 90.5 cm³/mol. The van der Waals surface area contributed by atoms with Crippen molar-refractivity contribution in [2.45, 2.75) is 25.9 Å². The first-order valence-electron chi connectivity index (χ1n) is 7.77. The van der Waals surface area contributed by atoms with Crippen LogP contribution >= 0.6 is 11.3 Å². The molecule has 7 nitrogen and oxygen atoms in total. The maximum atomic E-state index is 12.3. The van der Waals surface area contributed by atoms with Gasteiger partial charge in [-0.15, -0.1) is 11.3 Å². The molecule has 0 bridgehead atoms. The Hall–Kier alpha value is -2.19. The summed E-state index contributed by atoms with van der Waals surface area (Å²) < 4.78 is 6.72. The van der Waals surface area contributed by atoms with Crippen LogP contribution in [0.1, 0.15) is 31.3 Å². The Balaban J connectivity index is 1.62. The smallest absolute Gasteiger partial charge is 0.261 e. The van der Waals surface area contributed by atoms with Gasteiger partial charge in [-0.25, -0.2) is 0 Å². The molecule has 2 N–H and O–H groups in total. The van der Waals surface area contributed by atoms with Gasteiger partial charge in [-0.05, 0) is 23.9 Å². The fourth-order valence-corrected chi connectivity index (χ4v) is 3.62. The predicted octanol–water partition coefficient (Wildman–Crippen LogP) is 0.984. The summed E-state index contributed by atoms with van der Waals surface area (Å²) in [5, 5.41) is 12.0. The largest absolute Gasteiger partial charge is 0.383 e. The van der Waals surface area contributed by atoms with Gasteiger partial charge in [0.05, 0.1) is 41.5 Å². The molecule has 0 saturated heterocycles. The normalized spacial score (nSPS) is 16.0. The van der Waals surface area contributed by atoms with Crippen LogP contribution in [0.5, 0.6) is 0 Å². The molecule has 2 amide bonds. The number of thiophene rings is 1. The van der Waals surface area contributed by atoms with E-state index in [0.717, 1.165) is 16.1 Å². The minimum absolute atomic E-state index is 0.0479. The Morgan fingerprint density at radius 2 is 2.29 bits per heavy atom. The molecule has 0 aromatic carbocycles. The maximum absolute atomic E-state index is 12.3. The molecule has 0 fully saturated rings. The third-order valence-corrected chi connectivity index (χ3v) is 5.04. The summed E-state index contributed by atoms with van der Waals surface area (Å²) >= 11 is 1.44. The van der Waals surface area contributed by atoms with Gasteiger partial charge in [0, 0.05) is 20.1 Å². The maximum Gasteiger partial charge on any atom is 0.261 e. The van der Waals surface area contributed by atoms with Gasteiger partial charge in [0.15, 0.2) is 0 Å². The third kappa shape index (κ3) is 3.34. The van der Waals surface area contributed by atoms with E-state index in [1.807, 2.05) is 18.4 Å². The number of carbonyl (C=O) groups is 2. The number of fused-ring (bicyclic) bond motifs is 1. The Morgan fingerprint density at radius 1 is 1.46 bits per heavy atom. The molecule has 1 atom stereocenters. The highest BCUT2D eigenvalue weighted by Gasteiger charge is 2.29. The van der Waals surface area contributed by atoms with E-state index in [4.69, 9.17) is 4.74 Å². The molecule has 0 aliphatic carbocycles. The lowest BCUT2D eigenvalue weighted by Crippen LogP contribution is -2.36. The molecule has 24 heavy (non-hydrogen) atoms. The summed E-state index contributed by atoms with van der Waals surface area (Å²) in [5.74, 6) is -0.223. The van der Waals surface area contributed by atoms with Gasteiger partial charge < -0.3 is 15.4 Å². The second-order valence-corrected chi connectivity index (χ2v) is 6.66. The summed E-state index contributed by atoms with van der Waals surface area (Å²) in [6, 6.07) is 1.88. The number of ether oxygens (including phenoxy) is 1. The Labute approximate surface area is 144 Å². The van der Waals surface area contributed by atoms with E-state index in [9.17, 15) is 9.59 Å². The molecule has 128 valence electrons. The van der Waals surface area contributed by atoms with Crippen LogP contribution in [-0.4, -0.2) is 47.9 Å². The number of amides is 2. The fourth-order valence-electron chi connectivity index (χ4n) is 2.79. The van der Waals surface area contributed by atoms with Gasteiger partial charge in [-0.1, -0.05) is 0 Å². The van der Waals surface area contributed by atoms with Crippen LogP contribution in [0.2, 0.25) is 0 Å². The van der Waals surface area contributed by atoms with Crippen molar-refractivity contribution in [2.75, 3.05) is 20.3 Å². The van der Waals surface area contributed by atoms with Crippen LogP contribution in [0.3, 0.4) is 0 Å². The van der Waals surface area contributed by atoms with Crippen LogP contribution in [-0.2, 0) is 17.7 Å². The molecule has 2 aromatic heterocycles. The first-order chi connectivity index (χ1) is 11.6. The number of nitrogens with one attached hydrogen (secondary N) is 2.